The van der Waals surface area contributed by atoms with Crippen molar-refractivity contribution in [2.75, 3.05) is 13.1 Å². The number of nitrogens with one attached hydrogen (secondary N) is 1. The molecule has 24 heavy (non-hydrogen) atoms. The van der Waals surface area contributed by atoms with E-state index in [0.717, 1.165) is 37.2 Å². The molecule has 0 aliphatic carbocycles. The number of quaternary nitrogens is 1. The molecule has 2 bridgehead atoms. The van der Waals surface area contributed by atoms with Crippen molar-refractivity contribution < 1.29 is 14.6 Å². The fourth-order valence-electron chi connectivity index (χ4n) is 4.44. The van der Waals surface area contributed by atoms with Gasteiger partial charge in [-0.2, -0.15) is 5.10 Å². The largest absolute Gasteiger partial charge is 0.326 e. The van der Waals surface area contributed by atoms with Gasteiger partial charge in [-0.05, 0) is 5.56 Å². The third-order valence-corrected chi connectivity index (χ3v) is 5.59. The van der Waals surface area contributed by atoms with Gasteiger partial charge in [0.2, 0.25) is 5.91 Å². The molecule has 1 aromatic carbocycles. The molecule has 0 radical (unpaired) electrons. The number of fused-ring (bicyclic) bond motifs is 2. The number of amides is 1. The van der Waals surface area contributed by atoms with Gasteiger partial charge in [0.1, 0.15) is 11.8 Å². The van der Waals surface area contributed by atoms with Gasteiger partial charge >= 0.3 is 0 Å². The van der Waals surface area contributed by atoms with Gasteiger partial charge in [0, 0.05) is 37.3 Å². The number of carbonyl (C=O) groups excluding carboxylic acids is 1. The van der Waals surface area contributed by atoms with E-state index >= 15 is 0 Å². The average molecular weight is 329 g/mol. The van der Waals surface area contributed by atoms with Crippen LogP contribution in [-0.4, -0.2) is 40.7 Å². The van der Waals surface area contributed by atoms with Crippen LogP contribution in [0.15, 0.2) is 29.4 Å². The quantitative estimate of drug-likeness (QED) is 0.661. The number of nitrogens with zero attached hydrogens (tertiary/aromatic N) is 3. The third-order valence-electron chi connectivity index (χ3n) is 5.59. The van der Waals surface area contributed by atoms with Crippen molar-refractivity contribution in [1.29, 1.82) is 0 Å². The Morgan fingerprint density at radius 3 is 2.83 bits per heavy atom. The Bertz CT molecular complexity index is 724. The first-order valence-corrected chi connectivity index (χ1v) is 8.59. The smallest absolute Gasteiger partial charge is 0.269 e. The van der Waals surface area contributed by atoms with Crippen molar-refractivity contribution in [3.05, 3.63) is 39.9 Å². The zero-order chi connectivity index (χ0) is 16.8. The Morgan fingerprint density at radius 1 is 1.42 bits per heavy atom. The molecule has 1 aromatic rings. The lowest BCUT2D eigenvalue weighted by molar-refractivity contribution is -0.927. The first kappa shape index (κ1) is 15.3. The monoisotopic (exact) mass is 329 g/mol. The second-order valence-electron chi connectivity index (χ2n) is 6.82. The summed E-state index contributed by atoms with van der Waals surface area (Å²) >= 11 is 0. The van der Waals surface area contributed by atoms with Crippen molar-refractivity contribution in [2.24, 2.45) is 11.0 Å². The zero-order valence-electron chi connectivity index (χ0n) is 13.6. The van der Waals surface area contributed by atoms with Gasteiger partial charge in [0.15, 0.2) is 6.04 Å². The minimum absolute atomic E-state index is 0.0200. The molecule has 0 spiro atoms. The molecule has 0 unspecified atom stereocenters. The van der Waals surface area contributed by atoms with E-state index in [1.807, 2.05) is 13.0 Å². The summed E-state index contributed by atoms with van der Waals surface area (Å²) in [6.45, 7) is 4.01. The predicted octanol–water partition coefficient (Wildman–Crippen LogP) is 0.921. The first-order chi connectivity index (χ1) is 11.6. The van der Waals surface area contributed by atoms with Crippen LogP contribution in [0.3, 0.4) is 0 Å². The van der Waals surface area contributed by atoms with E-state index < -0.39 is 0 Å². The number of carbonyl (C=O) groups is 1. The number of rotatable bonds is 3. The molecule has 5 rings (SSSR count). The van der Waals surface area contributed by atoms with Crippen LogP contribution >= 0.6 is 0 Å². The predicted molar refractivity (Wildman–Crippen MR) is 87.6 cm³/mol. The van der Waals surface area contributed by atoms with Crippen LogP contribution in [0.2, 0.25) is 0 Å². The number of hydrogen-bond acceptors (Lipinski definition) is 4. The third kappa shape index (κ3) is 2.23. The molecular formula is C17H21N4O3+. The zero-order valence-corrected chi connectivity index (χ0v) is 13.6. The number of nitro benzene ring substituents is 1. The highest BCUT2D eigenvalue weighted by atomic mass is 16.6. The second kappa shape index (κ2) is 5.66. The van der Waals surface area contributed by atoms with Gasteiger partial charge in [-0.15, -0.1) is 0 Å². The molecular weight excluding hydrogens is 308 g/mol. The molecule has 126 valence electrons. The standard InChI is InChI=1S/C17H20N4O3/c1-2-14(22)20-16(12-4-3-5-13(10-12)21(23)24)17-15(18-20)11-6-8-19(17)9-7-11/h3-5,10-11,16-17H,2,6-9H2,1H3/p+1/t16-,17-/m0/s1. The summed E-state index contributed by atoms with van der Waals surface area (Å²) in [5.41, 5.74) is 2.01. The van der Waals surface area contributed by atoms with Crippen LogP contribution in [-0.2, 0) is 4.79 Å². The Hall–Kier alpha value is -2.28. The number of hydrazone groups is 1. The minimum Gasteiger partial charge on any atom is -0.326 e. The van der Waals surface area contributed by atoms with Crippen LogP contribution in [0.4, 0.5) is 5.69 Å². The van der Waals surface area contributed by atoms with E-state index in [2.05, 4.69) is 0 Å². The number of benzene rings is 1. The summed E-state index contributed by atoms with van der Waals surface area (Å²) in [5, 5.41) is 17.4. The topological polar surface area (TPSA) is 80.2 Å². The van der Waals surface area contributed by atoms with E-state index in [9.17, 15) is 14.9 Å². The van der Waals surface area contributed by atoms with Crippen LogP contribution < -0.4 is 4.90 Å². The molecule has 0 saturated carbocycles. The van der Waals surface area contributed by atoms with Crippen LogP contribution in [0.5, 0.6) is 0 Å². The van der Waals surface area contributed by atoms with Gasteiger partial charge in [-0.25, -0.2) is 5.01 Å². The molecule has 1 N–H and O–H groups in total. The normalized spacial score (nSPS) is 30.9. The summed E-state index contributed by atoms with van der Waals surface area (Å²) in [7, 11) is 0. The summed E-state index contributed by atoms with van der Waals surface area (Å²) in [5.74, 6) is 0.441. The van der Waals surface area contributed by atoms with E-state index in [-0.39, 0.29) is 28.6 Å². The van der Waals surface area contributed by atoms with Gasteiger partial charge in [0.05, 0.1) is 18.0 Å². The van der Waals surface area contributed by atoms with Crippen LogP contribution in [0.1, 0.15) is 37.8 Å². The molecule has 3 fully saturated rings. The Balaban J connectivity index is 1.78. The first-order valence-electron chi connectivity index (χ1n) is 8.59. The Morgan fingerprint density at radius 2 is 2.17 bits per heavy atom. The number of hydrogen-bond donors (Lipinski definition) is 1. The van der Waals surface area contributed by atoms with E-state index in [1.54, 1.807) is 17.1 Å². The summed E-state index contributed by atoms with van der Waals surface area (Å²) in [6.07, 6.45) is 2.63. The average Bonchev–Trinajstić information content (AvgIpc) is 3.04. The van der Waals surface area contributed by atoms with Crippen molar-refractivity contribution in [3.8, 4) is 0 Å². The lowest BCUT2D eigenvalue weighted by Crippen LogP contribution is -3.20. The maximum atomic E-state index is 12.5. The molecule has 4 aliphatic rings. The maximum absolute atomic E-state index is 12.5. The van der Waals surface area contributed by atoms with Crippen molar-refractivity contribution >= 4 is 17.3 Å². The SMILES string of the molecule is CCC(=O)N1N=C2C3CC[NH+](CC3)[C@@H]2[C@@H]1c1cccc([N+](=O)[O-])c1. The Kier molecular flexibility index (Phi) is 3.60. The fourth-order valence-corrected chi connectivity index (χ4v) is 4.44. The van der Waals surface area contributed by atoms with E-state index in [4.69, 9.17) is 5.10 Å². The molecule has 0 aromatic heterocycles. The molecule has 2 atom stereocenters. The van der Waals surface area contributed by atoms with Crippen molar-refractivity contribution in [1.82, 2.24) is 5.01 Å². The second-order valence-corrected chi connectivity index (χ2v) is 6.82. The van der Waals surface area contributed by atoms with Gasteiger partial charge < -0.3 is 4.90 Å². The lowest BCUT2D eigenvalue weighted by Gasteiger charge is -2.42. The molecule has 1 amide bonds. The van der Waals surface area contributed by atoms with Gasteiger partial charge in [-0.3, -0.25) is 14.9 Å². The molecule has 4 heterocycles. The molecule has 4 aliphatic heterocycles. The van der Waals surface area contributed by atoms with E-state index in [0.29, 0.717) is 12.3 Å². The molecule has 7 heteroatoms. The van der Waals surface area contributed by atoms with Gasteiger partial charge in [0.25, 0.3) is 5.69 Å². The maximum Gasteiger partial charge on any atom is 0.269 e. The molecule has 3 saturated heterocycles. The minimum atomic E-state index is -0.383. The number of non-ortho nitro benzene ring substituents is 1. The highest BCUT2D eigenvalue weighted by molar-refractivity contribution is 5.96. The lowest BCUT2D eigenvalue weighted by atomic mass is 9.78. The highest BCUT2D eigenvalue weighted by Crippen LogP contribution is 2.37. The fraction of sp³-hybridized carbons (Fsp3) is 0.529. The summed E-state index contributed by atoms with van der Waals surface area (Å²) in [6, 6.07) is 6.61. The van der Waals surface area contributed by atoms with Crippen LogP contribution in [0.25, 0.3) is 0 Å². The number of nitro groups is 1. The van der Waals surface area contributed by atoms with Gasteiger partial charge in [-0.1, -0.05) is 19.1 Å². The van der Waals surface area contributed by atoms with Crippen molar-refractivity contribution in [2.45, 2.75) is 38.3 Å². The summed E-state index contributed by atoms with van der Waals surface area (Å²) < 4.78 is 0. The van der Waals surface area contributed by atoms with Crippen molar-refractivity contribution in [3.63, 3.8) is 0 Å². The molecule has 7 nitrogen and oxygen atoms in total. The highest BCUT2D eigenvalue weighted by Gasteiger charge is 2.54. The Labute approximate surface area is 140 Å². The summed E-state index contributed by atoms with van der Waals surface area (Å²) in [4.78, 5) is 24.7. The van der Waals surface area contributed by atoms with E-state index in [1.165, 1.54) is 11.0 Å². The number of piperidine rings is 3. The van der Waals surface area contributed by atoms with Crippen LogP contribution in [0, 0.1) is 16.0 Å².